The fourth-order valence-electron chi connectivity index (χ4n) is 2.83. The molecular formula is C20H21N3O2. The molecule has 0 aliphatic rings. The van der Waals surface area contributed by atoms with Crippen molar-refractivity contribution in [2.75, 3.05) is 12.4 Å². The zero-order valence-corrected chi connectivity index (χ0v) is 14.6. The summed E-state index contributed by atoms with van der Waals surface area (Å²) >= 11 is 0. The molecule has 3 rings (SSSR count). The third kappa shape index (κ3) is 3.55. The number of H-pyrrole nitrogens is 1. The van der Waals surface area contributed by atoms with E-state index < -0.39 is 0 Å². The monoisotopic (exact) mass is 335 g/mol. The second kappa shape index (κ2) is 6.81. The number of aromatic amines is 1. The second-order valence-corrected chi connectivity index (χ2v) is 6.24. The Morgan fingerprint density at radius 3 is 2.68 bits per heavy atom. The van der Waals surface area contributed by atoms with Crippen molar-refractivity contribution in [2.24, 2.45) is 0 Å². The SMILES string of the molecule is Cc1cccc(NC(=O)N(C)Cc2cc(=O)[nH]c3ccccc23)c1C. The Morgan fingerprint density at radius 1 is 1.12 bits per heavy atom. The summed E-state index contributed by atoms with van der Waals surface area (Å²) in [6, 6.07) is 14.7. The number of rotatable bonds is 3. The standard InChI is InChI=1S/C20H21N3O2/c1-13-7-6-10-17(14(13)2)22-20(25)23(3)12-15-11-19(24)21-18-9-5-4-8-16(15)18/h4-11H,12H2,1-3H3,(H,21,24)(H,22,25). The van der Waals surface area contributed by atoms with Gasteiger partial charge in [-0.2, -0.15) is 0 Å². The number of carbonyl (C=O) groups is 1. The van der Waals surface area contributed by atoms with E-state index >= 15 is 0 Å². The van der Waals surface area contributed by atoms with Gasteiger partial charge in [0.2, 0.25) is 5.56 Å². The van der Waals surface area contributed by atoms with Crippen molar-refractivity contribution in [3.8, 4) is 0 Å². The van der Waals surface area contributed by atoms with Gasteiger partial charge in [-0.05, 0) is 42.7 Å². The van der Waals surface area contributed by atoms with Crippen molar-refractivity contribution in [3.63, 3.8) is 0 Å². The lowest BCUT2D eigenvalue weighted by molar-refractivity contribution is 0.221. The second-order valence-electron chi connectivity index (χ2n) is 6.24. The molecule has 0 unspecified atom stereocenters. The van der Waals surface area contributed by atoms with Crippen LogP contribution in [0.2, 0.25) is 0 Å². The maximum atomic E-state index is 12.5. The molecule has 0 aliphatic heterocycles. The van der Waals surface area contributed by atoms with Crippen LogP contribution in [0, 0.1) is 13.8 Å². The number of aryl methyl sites for hydroxylation is 1. The molecule has 25 heavy (non-hydrogen) atoms. The third-order valence-electron chi connectivity index (χ3n) is 4.44. The maximum Gasteiger partial charge on any atom is 0.321 e. The van der Waals surface area contributed by atoms with Crippen LogP contribution in [0.5, 0.6) is 0 Å². The Labute approximate surface area is 146 Å². The molecule has 2 N–H and O–H groups in total. The largest absolute Gasteiger partial charge is 0.323 e. The minimum absolute atomic E-state index is 0.169. The fraction of sp³-hybridized carbons (Fsp3) is 0.200. The van der Waals surface area contributed by atoms with E-state index in [0.29, 0.717) is 6.54 Å². The van der Waals surface area contributed by atoms with Gasteiger partial charge >= 0.3 is 6.03 Å². The number of amides is 2. The molecular weight excluding hydrogens is 314 g/mol. The molecule has 0 saturated carbocycles. The predicted molar refractivity (Wildman–Crippen MR) is 101 cm³/mol. The number of fused-ring (bicyclic) bond motifs is 1. The highest BCUT2D eigenvalue weighted by Crippen LogP contribution is 2.19. The van der Waals surface area contributed by atoms with Gasteiger partial charge in [0.05, 0.1) is 0 Å². The van der Waals surface area contributed by atoms with E-state index in [9.17, 15) is 9.59 Å². The van der Waals surface area contributed by atoms with Crippen LogP contribution in [0.1, 0.15) is 16.7 Å². The topological polar surface area (TPSA) is 65.2 Å². The Morgan fingerprint density at radius 2 is 1.88 bits per heavy atom. The number of hydrogen-bond donors (Lipinski definition) is 2. The number of pyridine rings is 1. The van der Waals surface area contributed by atoms with Gasteiger partial charge < -0.3 is 15.2 Å². The summed E-state index contributed by atoms with van der Waals surface area (Å²) in [6.07, 6.45) is 0. The first kappa shape index (κ1) is 16.8. The zero-order valence-electron chi connectivity index (χ0n) is 14.6. The van der Waals surface area contributed by atoms with E-state index in [4.69, 9.17) is 0 Å². The molecule has 2 amide bonds. The van der Waals surface area contributed by atoms with Gasteiger partial charge in [0.25, 0.3) is 0 Å². The van der Waals surface area contributed by atoms with E-state index in [1.54, 1.807) is 18.0 Å². The summed E-state index contributed by atoms with van der Waals surface area (Å²) in [5.41, 5.74) is 4.39. The number of urea groups is 1. The normalized spacial score (nSPS) is 10.7. The smallest absolute Gasteiger partial charge is 0.321 e. The number of anilines is 1. The third-order valence-corrected chi connectivity index (χ3v) is 4.44. The molecule has 128 valence electrons. The summed E-state index contributed by atoms with van der Waals surface area (Å²) in [4.78, 5) is 28.8. The number of hydrogen-bond acceptors (Lipinski definition) is 2. The summed E-state index contributed by atoms with van der Waals surface area (Å²) in [6.45, 7) is 4.34. The minimum atomic E-state index is -0.210. The lowest BCUT2D eigenvalue weighted by atomic mass is 10.1. The van der Waals surface area contributed by atoms with Crippen LogP contribution in [0.15, 0.2) is 53.3 Å². The van der Waals surface area contributed by atoms with Crippen molar-refractivity contribution < 1.29 is 4.79 Å². The van der Waals surface area contributed by atoms with Crippen LogP contribution in [0.3, 0.4) is 0 Å². The van der Waals surface area contributed by atoms with Crippen molar-refractivity contribution in [3.05, 3.63) is 75.6 Å². The molecule has 0 aliphatic carbocycles. The quantitative estimate of drug-likeness (QED) is 0.764. The van der Waals surface area contributed by atoms with Crippen LogP contribution in [-0.2, 0) is 6.54 Å². The van der Waals surface area contributed by atoms with Gasteiger partial charge in [0.1, 0.15) is 0 Å². The maximum absolute atomic E-state index is 12.5. The zero-order chi connectivity index (χ0) is 18.0. The van der Waals surface area contributed by atoms with Crippen LogP contribution in [-0.4, -0.2) is 23.0 Å². The summed E-state index contributed by atoms with van der Waals surface area (Å²) in [7, 11) is 1.72. The predicted octanol–water partition coefficient (Wildman–Crippen LogP) is 3.81. The number of nitrogens with one attached hydrogen (secondary N) is 2. The Bertz CT molecular complexity index is 992. The Hall–Kier alpha value is -3.08. The van der Waals surface area contributed by atoms with Crippen LogP contribution in [0.25, 0.3) is 10.9 Å². The van der Waals surface area contributed by atoms with E-state index in [1.807, 2.05) is 56.3 Å². The number of para-hydroxylation sites is 1. The van der Waals surface area contributed by atoms with Gasteiger partial charge in [-0.15, -0.1) is 0 Å². The molecule has 1 heterocycles. The Kier molecular flexibility index (Phi) is 4.57. The molecule has 0 saturated heterocycles. The van der Waals surface area contributed by atoms with E-state index in [0.717, 1.165) is 33.3 Å². The van der Waals surface area contributed by atoms with Gasteiger partial charge in [0, 0.05) is 36.2 Å². The fourth-order valence-corrected chi connectivity index (χ4v) is 2.83. The molecule has 0 fully saturated rings. The van der Waals surface area contributed by atoms with Crippen LogP contribution in [0.4, 0.5) is 10.5 Å². The minimum Gasteiger partial charge on any atom is -0.323 e. The molecule has 5 heteroatoms. The van der Waals surface area contributed by atoms with Crippen molar-refractivity contribution in [2.45, 2.75) is 20.4 Å². The van der Waals surface area contributed by atoms with Gasteiger partial charge in [-0.1, -0.05) is 30.3 Å². The molecule has 0 bridgehead atoms. The average Bonchev–Trinajstić information content (AvgIpc) is 2.58. The van der Waals surface area contributed by atoms with Crippen LogP contribution < -0.4 is 10.9 Å². The highest BCUT2D eigenvalue weighted by Gasteiger charge is 2.13. The van der Waals surface area contributed by atoms with E-state index in [2.05, 4.69) is 10.3 Å². The lowest BCUT2D eigenvalue weighted by Gasteiger charge is -2.20. The molecule has 3 aromatic rings. The number of nitrogens with zero attached hydrogens (tertiary/aromatic N) is 1. The number of aromatic nitrogens is 1. The first-order valence-electron chi connectivity index (χ1n) is 8.15. The molecule has 0 radical (unpaired) electrons. The average molecular weight is 335 g/mol. The highest BCUT2D eigenvalue weighted by atomic mass is 16.2. The first-order chi connectivity index (χ1) is 12.0. The van der Waals surface area contributed by atoms with Gasteiger partial charge in [-0.25, -0.2) is 4.79 Å². The van der Waals surface area contributed by atoms with E-state index in [1.165, 1.54) is 0 Å². The molecule has 2 aromatic carbocycles. The summed E-state index contributed by atoms with van der Waals surface area (Å²) in [5.74, 6) is 0. The van der Waals surface area contributed by atoms with Gasteiger partial charge in [0.15, 0.2) is 0 Å². The van der Waals surface area contributed by atoms with E-state index in [-0.39, 0.29) is 11.6 Å². The Balaban J connectivity index is 1.82. The first-order valence-corrected chi connectivity index (χ1v) is 8.15. The summed E-state index contributed by atoms with van der Waals surface area (Å²) in [5, 5.41) is 3.87. The van der Waals surface area contributed by atoms with Crippen LogP contribution >= 0.6 is 0 Å². The van der Waals surface area contributed by atoms with Crippen molar-refractivity contribution in [1.29, 1.82) is 0 Å². The molecule has 0 atom stereocenters. The lowest BCUT2D eigenvalue weighted by Crippen LogP contribution is -2.31. The van der Waals surface area contributed by atoms with Crippen molar-refractivity contribution >= 4 is 22.6 Å². The molecule has 0 spiro atoms. The number of benzene rings is 2. The van der Waals surface area contributed by atoms with Gasteiger partial charge in [-0.3, -0.25) is 4.79 Å². The molecule has 1 aromatic heterocycles. The number of carbonyl (C=O) groups excluding carboxylic acids is 1. The van der Waals surface area contributed by atoms with Crippen molar-refractivity contribution in [1.82, 2.24) is 9.88 Å². The summed E-state index contributed by atoms with van der Waals surface area (Å²) < 4.78 is 0. The highest BCUT2D eigenvalue weighted by molar-refractivity contribution is 5.90. The molecule has 5 nitrogen and oxygen atoms in total.